The lowest BCUT2D eigenvalue weighted by Gasteiger charge is -2.32. The molecule has 31 heavy (non-hydrogen) atoms. The second-order valence-corrected chi connectivity index (χ2v) is 9.51. The molecular weight excluding hydrogens is 386 g/mol. The first-order valence-corrected chi connectivity index (χ1v) is 12.4. The highest BCUT2D eigenvalue weighted by molar-refractivity contribution is 5.80. The predicted octanol–water partition coefficient (Wildman–Crippen LogP) is 2.79. The van der Waals surface area contributed by atoms with Crippen molar-refractivity contribution in [1.82, 2.24) is 20.0 Å². The Morgan fingerprint density at radius 1 is 1.03 bits per heavy atom. The molecule has 1 N–H and O–H groups in total. The van der Waals surface area contributed by atoms with E-state index in [1.54, 1.807) is 0 Å². The van der Waals surface area contributed by atoms with Gasteiger partial charge in [0, 0.05) is 51.9 Å². The van der Waals surface area contributed by atoms with Gasteiger partial charge in [0.1, 0.15) is 0 Å². The quantitative estimate of drug-likeness (QED) is 0.559. The lowest BCUT2D eigenvalue weighted by Crippen LogP contribution is -2.46. The molecule has 0 bridgehead atoms. The third kappa shape index (κ3) is 6.43. The molecule has 3 heterocycles. The largest absolute Gasteiger partial charge is 0.379 e. The first-order valence-electron chi connectivity index (χ1n) is 12.4. The average Bonchev–Trinajstić information content (AvgIpc) is 3.28. The van der Waals surface area contributed by atoms with Crippen LogP contribution in [0.15, 0.2) is 29.3 Å². The summed E-state index contributed by atoms with van der Waals surface area (Å²) in [7, 11) is 0. The number of nitrogens with zero attached hydrogens (tertiary/aromatic N) is 4. The molecule has 2 unspecified atom stereocenters. The van der Waals surface area contributed by atoms with Crippen LogP contribution in [0.25, 0.3) is 0 Å². The van der Waals surface area contributed by atoms with Crippen LogP contribution in [-0.2, 0) is 17.8 Å². The number of benzene rings is 1. The van der Waals surface area contributed by atoms with Gasteiger partial charge in [0.05, 0.1) is 19.8 Å². The normalized spacial score (nSPS) is 26.4. The van der Waals surface area contributed by atoms with Crippen molar-refractivity contribution in [1.29, 1.82) is 0 Å². The number of rotatable bonds is 6. The van der Waals surface area contributed by atoms with Gasteiger partial charge >= 0.3 is 0 Å². The van der Waals surface area contributed by atoms with Gasteiger partial charge in [0.25, 0.3) is 0 Å². The fraction of sp³-hybridized carbons (Fsp3) is 0.720. The lowest BCUT2D eigenvalue weighted by molar-refractivity contribution is 0.0195. The van der Waals surface area contributed by atoms with Gasteiger partial charge in [-0.1, -0.05) is 31.2 Å². The Labute approximate surface area is 188 Å². The number of guanidine groups is 1. The molecule has 6 heteroatoms. The van der Waals surface area contributed by atoms with Crippen molar-refractivity contribution >= 4 is 5.96 Å². The Kier molecular flexibility index (Phi) is 8.22. The summed E-state index contributed by atoms with van der Waals surface area (Å²) in [6.45, 7) is 15.8. The van der Waals surface area contributed by atoms with Gasteiger partial charge in [-0.2, -0.15) is 0 Å². The van der Waals surface area contributed by atoms with E-state index in [1.165, 1.54) is 43.5 Å². The molecule has 3 saturated heterocycles. The van der Waals surface area contributed by atoms with Crippen LogP contribution in [-0.4, -0.2) is 85.7 Å². The highest BCUT2D eigenvalue weighted by Gasteiger charge is 2.30. The maximum Gasteiger partial charge on any atom is 0.194 e. The van der Waals surface area contributed by atoms with Crippen molar-refractivity contribution in [3.63, 3.8) is 0 Å². The molecule has 2 atom stereocenters. The first-order chi connectivity index (χ1) is 15.2. The lowest BCUT2D eigenvalue weighted by atomic mass is 9.99. The highest BCUT2D eigenvalue weighted by atomic mass is 16.5. The van der Waals surface area contributed by atoms with E-state index in [1.807, 2.05) is 0 Å². The first kappa shape index (κ1) is 22.6. The molecule has 0 radical (unpaired) electrons. The number of piperidine rings is 1. The SMILES string of the molecule is CCNC(=NCc1ccc(CN2CCCC(C)C2)cc1)N1CCC(N2CCOCC2)C1. The smallest absolute Gasteiger partial charge is 0.194 e. The van der Waals surface area contributed by atoms with Crippen LogP contribution in [0, 0.1) is 5.92 Å². The van der Waals surface area contributed by atoms with Crippen molar-refractivity contribution in [3.05, 3.63) is 35.4 Å². The van der Waals surface area contributed by atoms with E-state index >= 15 is 0 Å². The molecule has 1 aromatic carbocycles. The summed E-state index contributed by atoms with van der Waals surface area (Å²) in [5.41, 5.74) is 2.71. The van der Waals surface area contributed by atoms with E-state index in [4.69, 9.17) is 9.73 Å². The monoisotopic (exact) mass is 427 g/mol. The third-order valence-corrected chi connectivity index (χ3v) is 6.94. The minimum absolute atomic E-state index is 0.629. The summed E-state index contributed by atoms with van der Waals surface area (Å²) in [6, 6.07) is 9.74. The van der Waals surface area contributed by atoms with Crippen LogP contribution in [0.5, 0.6) is 0 Å². The Balaban J connectivity index is 1.31. The summed E-state index contributed by atoms with van der Waals surface area (Å²) < 4.78 is 5.52. The molecule has 3 aliphatic rings. The number of morpholine rings is 1. The van der Waals surface area contributed by atoms with Gasteiger partial charge in [-0.05, 0) is 49.8 Å². The summed E-state index contributed by atoms with van der Waals surface area (Å²) in [5, 5.41) is 3.51. The van der Waals surface area contributed by atoms with E-state index in [2.05, 4.69) is 58.1 Å². The molecule has 6 nitrogen and oxygen atoms in total. The maximum absolute atomic E-state index is 5.52. The molecule has 1 aromatic rings. The average molecular weight is 428 g/mol. The molecule has 0 amide bonds. The Morgan fingerprint density at radius 3 is 2.55 bits per heavy atom. The van der Waals surface area contributed by atoms with Crippen LogP contribution in [0.1, 0.15) is 44.2 Å². The van der Waals surface area contributed by atoms with E-state index < -0.39 is 0 Å². The van der Waals surface area contributed by atoms with Crippen molar-refractivity contribution in [3.8, 4) is 0 Å². The zero-order valence-electron chi connectivity index (χ0n) is 19.6. The van der Waals surface area contributed by atoms with E-state index in [0.717, 1.165) is 70.9 Å². The Bertz CT molecular complexity index is 700. The van der Waals surface area contributed by atoms with Gasteiger partial charge in [-0.3, -0.25) is 9.80 Å². The molecule has 0 spiro atoms. The second kappa shape index (κ2) is 11.3. The van der Waals surface area contributed by atoms with Crippen molar-refractivity contribution in [2.75, 3.05) is 59.0 Å². The molecule has 3 aliphatic heterocycles. The second-order valence-electron chi connectivity index (χ2n) is 9.51. The number of aliphatic imine (C=N–C) groups is 1. The summed E-state index contributed by atoms with van der Waals surface area (Å²) >= 11 is 0. The fourth-order valence-corrected chi connectivity index (χ4v) is 5.21. The minimum Gasteiger partial charge on any atom is -0.379 e. The van der Waals surface area contributed by atoms with Crippen LogP contribution in [0.2, 0.25) is 0 Å². The van der Waals surface area contributed by atoms with Crippen LogP contribution in [0.3, 0.4) is 0 Å². The van der Waals surface area contributed by atoms with Gasteiger partial charge in [0.2, 0.25) is 0 Å². The Morgan fingerprint density at radius 2 is 1.81 bits per heavy atom. The standard InChI is InChI=1S/C25H41N5O/c1-3-26-25(30-12-10-24(20-30)29-13-15-31-16-14-29)27-17-22-6-8-23(9-7-22)19-28-11-4-5-21(2)18-28/h6-9,21,24H,3-5,10-20H2,1-2H3,(H,26,27). The van der Waals surface area contributed by atoms with Crippen molar-refractivity contribution in [2.24, 2.45) is 10.9 Å². The van der Waals surface area contributed by atoms with Gasteiger partial charge < -0.3 is 15.0 Å². The molecule has 172 valence electrons. The summed E-state index contributed by atoms with van der Waals surface area (Å²) in [5.74, 6) is 1.89. The zero-order chi connectivity index (χ0) is 21.5. The van der Waals surface area contributed by atoms with Crippen molar-refractivity contribution in [2.45, 2.75) is 52.2 Å². The van der Waals surface area contributed by atoms with E-state index in [9.17, 15) is 0 Å². The topological polar surface area (TPSA) is 43.3 Å². The van der Waals surface area contributed by atoms with Crippen LogP contribution >= 0.6 is 0 Å². The molecule has 3 fully saturated rings. The molecular formula is C25H41N5O. The van der Waals surface area contributed by atoms with E-state index in [0.29, 0.717) is 6.04 Å². The minimum atomic E-state index is 0.629. The molecule has 4 rings (SSSR count). The van der Waals surface area contributed by atoms with E-state index in [-0.39, 0.29) is 0 Å². The van der Waals surface area contributed by atoms with Crippen molar-refractivity contribution < 1.29 is 4.74 Å². The molecule has 0 aromatic heterocycles. The number of nitrogens with one attached hydrogen (secondary N) is 1. The number of likely N-dealkylation sites (tertiary alicyclic amines) is 2. The van der Waals surface area contributed by atoms with Gasteiger partial charge in [-0.25, -0.2) is 4.99 Å². The summed E-state index contributed by atoms with van der Waals surface area (Å²) in [4.78, 5) is 12.6. The predicted molar refractivity (Wildman–Crippen MR) is 127 cm³/mol. The molecule has 0 saturated carbocycles. The summed E-state index contributed by atoms with van der Waals surface area (Å²) in [6.07, 6.45) is 3.93. The Hall–Kier alpha value is -1.63. The number of hydrogen-bond acceptors (Lipinski definition) is 4. The van der Waals surface area contributed by atoms with Gasteiger partial charge in [-0.15, -0.1) is 0 Å². The number of ether oxygens (including phenoxy) is 1. The van der Waals surface area contributed by atoms with Gasteiger partial charge in [0.15, 0.2) is 5.96 Å². The zero-order valence-corrected chi connectivity index (χ0v) is 19.6. The van der Waals surface area contributed by atoms with Crippen LogP contribution in [0.4, 0.5) is 0 Å². The molecule has 0 aliphatic carbocycles. The van der Waals surface area contributed by atoms with Crippen LogP contribution < -0.4 is 5.32 Å². The fourth-order valence-electron chi connectivity index (χ4n) is 5.21. The number of hydrogen-bond donors (Lipinski definition) is 1. The maximum atomic E-state index is 5.52. The highest BCUT2D eigenvalue weighted by Crippen LogP contribution is 2.19. The third-order valence-electron chi connectivity index (χ3n) is 6.94.